The first-order valence-corrected chi connectivity index (χ1v) is 8.31. The zero-order chi connectivity index (χ0) is 18.0. The van der Waals surface area contributed by atoms with E-state index in [0.29, 0.717) is 12.1 Å². The van der Waals surface area contributed by atoms with Crippen molar-refractivity contribution in [2.45, 2.75) is 20.3 Å². The lowest BCUT2D eigenvalue weighted by Crippen LogP contribution is -2.21. The van der Waals surface area contributed by atoms with Crippen molar-refractivity contribution in [3.8, 4) is 5.75 Å². The molecule has 1 aliphatic rings. The van der Waals surface area contributed by atoms with Gasteiger partial charge in [-0.1, -0.05) is 12.1 Å². The Balaban J connectivity index is 1.56. The van der Waals surface area contributed by atoms with Gasteiger partial charge < -0.3 is 15.4 Å². The molecule has 0 saturated heterocycles. The second kappa shape index (κ2) is 6.97. The number of hydrogen-bond acceptors (Lipinski definition) is 3. The molecule has 5 heteroatoms. The Bertz CT molecular complexity index is 799. The topological polar surface area (TPSA) is 67.4 Å². The molecule has 3 rings (SSSR count). The molecule has 2 aromatic carbocycles. The fourth-order valence-electron chi connectivity index (χ4n) is 2.78. The van der Waals surface area contributed by atoms with Gasteiger partial charge in [-0.25, -0.2) is 0 Å². The van der Waals surface area contributed by atoms with Gasteiger partial charge in [-0.2, -0.15) is 0 Å². The van der Waals surface area contributed by atoms with Crippen molar-refractivity contribution in [3.05, 3.63) is 53.6 Å². The van der Waals surface area contributed by atoms with Gasteiger partial charge in [0, 0.05) is 11.4 Å². The van der Waals surface area contributed by atoms with E-state index in [2.05, 4.69) is 10.6 Å². The molecule has 2 amide bonds. The van der Waals surface area contributed by atoms with E-state index in [-0.39, 0.29) is 23.7 Å². The first kappa shape index (κ1) is 17.0. The highest BCUT2D eigenvalue weighted by Gasteiger charge is 2.48. The van der Waals surface area contributed by atoms with Crippen LogP contribution in [0.1, 0.15) is 17.5 Å². The number of ether oxygens (including phenoxy) is 1. The van der Waals surface area contributed by atoms with Crippen LogP contribution in [0.15, 0.2) is 42.5 Å². The van der Waals surface area contributed by atoms with Gasteiger partial charge in [0.25, 0.3) is 0 Å². The van der Waals surface area contributed by atoms with E-state index in [0.717, 1.165) is 22.6 Å². The minimum Gasteiger partial charge on any atom is -0.497 e. The Kier molecular flexibility index (Phi) is 4.74. The molecular formula is C20H22N2O3. The van der Waals surface area contributed by atoms with E-state index in [1.807, 2.05) is 32.0 Å². The number of amides is 2. The number of carbonyl (C=O) groups excluding carboxylic acids is 2. The maximum atomic E-state index is 12.4. The Morgan fingerprint density at radius 1 is 0.960 bits per heavy atom. The molecule has 0 heterocycles. The molecule has 0 aliphatic heterocycles. The van der Waals surface area contributed by atoms with Crippen LogP contribution in [0.4, 0.5) is 11.4 Å². The van der Waals surface area contributed by atoms with Crippen molar-refractivity contribution < 1.29 is 14.3 Å². The van der Waals surface area contributed by atoms with Gasteiger partial charge in [0.05, 0.1) is 18.9 Å². The van der Waals surface area contributed by atoms with Crippen LogP contribution < -0.4 is 15.4 Å². The third-order valence-corrected chi connectivity index (χ3v) is 4.47. The molecule has 1 saturated carbocycles. The molecule has 1 aliphatic carbocycles. The van der Waals surface area contributed by atoms with Crippen LogP contribution in [-0.4, -0.2) is 18.9 Å². The van der Waals surface area contributed by atoms with Gasteiger partial charge in [0.2, 0.25) is 11.8 Å². The number of nitrogens with one attached hydrogen (secondary N) is 2. The molecule has 25 heavy (non-hydrogen) atoms. The van der Waals surface area contributed by atoms with Gasteiger partial charge in [0.15, 0.2) is 0 Å². The van der Waals surface area contributed by atoms with Crippen molar-refractivity contribution in [1.82, 2.24) is 0 Å². The average Bonchev–Trinajstić information content (AvgIpc) is 3.40. The molecular weight excluding hydrogens is 316 g/mol. The fourth-order valence-corrected chi connectivity index (χ4v) is 2.78. The predicted molar refractivity (Wildman–Crippen MR) is 97.8 cm³/mol. The number of carbonyl (C=O) groups is 2. The van der Waals surface area contributed by atoms with Gasteiger partial charge in [-0.3, -0.25) is 9.59 Å². The lowest BCUT2D eigenvalue weighted by molar-refractivity contribution is -0.122. The van der Waals surface area contributed by atoms with Gasteiger partial charge in [-0.15, -0.1) is 0 Å². The number of rotatable bonds is 5. The van der Waals surface area contributed by atoms with E-state index in [4.69, 9.17) is 4.74 Å². The number of aryl methyl sites for hydroxylation is 2. The third-order valence-electron chi connectivity index (χ3n) is 4.47. The minimum atomic E-state index is -0.271. The van der Waals surface area contributed by atoms with E-state index >= 15 is 0 Å². The van der Waals surface area contributed by atoms with Crippen LogP contribution in [0.3, 0.4) is 0 Å². The van der Waals surface area contributed by atoms with Crippen LogP contribution in [0.2, 0.25) is 0 Å². The Hall–Kier alpha value is -2.82. The molecule has 0 aromatic heterocycles. The normalized spacial score (nSPS) is 18.4. The predicted octanol–water partition coefficient (Wildman–Crippen LogP) is 3.53. The molecule has 0 bridgehead atoms. The molecule has 2 aromatic rings. The minimum absolute atomic E-state index is 0.0939. The average molecular weight is 338 g/mol. The number of methoxy groups -OCH3 is 1. The van der Waals surface area contributed by atoms with E-state index in [9.17, 15) is 9.59 Å². The third kappa shape index (κ3) is 3.99. The number of anilines is 2. The van der Waals surface area contributed by atoms with E-state index in [1.165, 1.54) is 0 Å². The lowest BCUT2D eigenvalue weighted by Gasteiger charge is -2.09. The summed E-state index contributed by atoms with van der Waals surface area (Å²) in [5, 5.41) is 5.79. The molecule has 2 N–H and O–H groups in total. The molecule has 2 atom stereocenters. The maximum Gasteiger partial charge on any atom is 0.228 e. The van der Waals surface area contributed by atoms with Crippen LogP contribution in [-0.2, 0) is 9.59 Å². The Labute approximate surface area is 147 Å². The molecule has 5 nitrogen and oxygen atoms in total. The highest BCUT2D eigenvalue weighted by Crippen LogP contribution is 2.40. The lowest BCUT2D eigenvalue weighted by atomic mass is 10.1. The Morgan fingerprint density at radius 2 is 1.60 bits per heavy atom. The SMILES string of the molecule is COc1ccc(NC(=O)C2CC2C(=O)Nc2cc(C)ccc2C)cc1. The van der Waals surface area contributed by atoms with Crippen molar-refractivity contribution in [1.29, 1.82) is 0 Å². The summed E-state index contributed by atoms with van der Waals surface area (Å²) in [6.07, 6.45) is 0.582. The molecule has 130 valence electrons. The smallest absolute Gasteiger partial charge is 0.228 e. The molecule has 0 radical (unpaired) electrons. The summed E-state index contributed by atoms with van der Waals surface area (Å²) in [5.41, 5.74) is 3.61. The van der Waals surface area contributed by atoms with E-state index in [1.54, 1.807) is 31.4 Å². The summed E-state index contributed by atoms with van der Waals surface area (Å²) in [4.78, 5) is 24.7. The van der Waals surface area contributed by atoms with Crippen LogP contribution in [0.5, 0.6) is 5.75 Å². The van der Waals surface area contributed by atoms with Crippen molar-refractivity contribution >= 4 is 23.2 Å². The summed E-state index contributed by atoms with van der Waals surface area (Å²) in [6.45, 7) is 3.94. The van der Waals surface area contributed by atoms with E-state index < -0.39 is 0 Å². The highest BCUT2D eigenvalue weighted by molar-refractivity contribution is 6.03. The van der Waals surface area contributed by atoms with Crippen molar-refractivity contribution in [2.24, 2.45) is 11.8 Å². The summed E-state index contributed by atoms with van der Waals surface area (Å²) in [5.74, 6) is -0.0181. The second-order valence-electron chi connectivity index (χ2n) is 6.47. The number of hydrogen-bond donors (Lipinski definition) is 2. The first-order chi connectivity index (χ1) is 12.0. The zero-order valence-corrected chi connectivity index (χ0v) is 14.6. The van der Waals surface area contributed by atoms with Crippen LogP contribution in [0, 0.1) is 25.7 Å². The fraction of sp³-hybridized carbons (Fsp3) is 0.300. The summed E-state index contributed by atoms with van der Waals surface area (Å²) >= 11 is 0. The van der Waals surface area contributed by atoms with Crippen LogP contribution in [0.25, 0.3) is 0 Å². The van der Waals surface area contributed by atoms with Gasteiger partial charge in [-0.05, 0) is 61.7 Å². The molecule has 0 spiro atoms. The molecule has 1 fully saturated rings. The summed E-state index contributed by atoms with van der Waals surface area (Å²) < 4.78 is 5.09. The second-order valence-corrected chi connectivity index (χ2v) is 6.47. The Morgan fingerprint density at radius 3 is 2.24 bits per heavy atom. The van der Waals surface area contributed by atoms with Crippen molar-refractivity contribution in [3.63, 3.8) is 0 Å². The maximum absolute atomic E-state index is 12.4. The summed E-state index contributed by atoms with van der Waals surface area (Å²) in [6, 6.07) is 13.1. The quantitative estimate of drug-likeness (QED) is 0.876. The molecule has 2 unspecified atom stereocenters. The van der Waals surface area contributed by atoms with Crippen LogP contribution >= 0.6 is 0 Å². The standard InChI is InChI=1S/C20H22N2O3/c1-12-4-5-13(2)18(10-12)22-20(24)17-11-16(17)19(23)21-14-6-8-15(25-3)9-7-14/h4-10,16-17H,11H2,1-3H3,(H,21,23)(H,22,24). The number of benzene rings is 2. The largest absolute Gasteiger partial charge is 0.497 e. The monoisotopic (exact) mass is 338 g/mol. The van der Waals surface area contributed by atoms with Gasteiger partial charge >= 0.3 is 0 Å². The zero-order valence-electron chi connectivity index (χ0n) is 14.6. The highest BCUT2D eigenvalue weighted by atomic mass is 16.5. The van der Waals surface area contributed by atoms with Gasteiger partial charge in [0.1, 0.15) is 5.75 Å². The van der Waals surface area contributed by atoms with Crippen molar-refractivity contribution in [2.75, 3.05) is 17.7 Å². The first-order valence-electron chi connectivity index (χ1n) is 8.31. The summed E-state index contributed by atoms with van der Waals surface area (Å²) in [7, 11) is 1.59.